The predicted molar refractivity (Wildman–Crippen MR) is 83.6 cm³/mol. The Kier molecular flexibility index (Phi) is 2.56. The number of rotatable bonds is 4. The van der Waals surface area contributed by atoms with E-state index in [-0.39, 0.29) is 11.1 Å². The van der Waals surface area contributed by atoms with Crippen LogP contribution in [0.4, 0.5) is 0 Å². The van der Waals surface area contributed by atoms with Crippen molar-refractivity contribution in [1.82, 2.24) is 0 Å². The van der Waals surface area contributed by atoms with Gasteiger partial charge in [0.15, 0.2) is 0 Å². The number of hydrogen-bond acceptors (Lipinski definition) is 2. The van der Waals surface area contributed by atoms with E-state index in [2.05, 4.69) is 15.9 Å². The summed E-state index contributed by atoms with van der Waals surface area (Å²) in [6, 6.07) is 3.19. The van der Waals surface area contributed by atoms with Gasteiger partial charge in [0, 0.05) is 28.9 Å². The molecule has 2 rings (SSSR count). The molecule has 2 aromatic rings. The van der Waals surface area contributed by atoms with E-state index >= 15 is 0 Å². The van der Waals surface area contributed by atoms with Gasteiger partial charge < -0.3 is 0 Å². The average molecular weight is 333 g/mol. The van der Waals surface area contributed by atoms with Gasteiger partial charge in [-0.05, 0) is 54.1 Å². The lowest BCUT2D eigenvalue weighted by Crippen LogP contribution is -1.87. The summed E-state index contributed by atoms with van der Waals surface area (Å²) >= 11 is 6.02. The second kappa shape index (κ2) is 5.98. The molecule has 0 atom stereocenters. The quantitative estimate of drug-likeness (QED) is 0.635. The van der Waals surface area contributed by atoms with Crippen LogP contribution in [-0.4, -0.2) is 5.33 Å². The van der Waals surface area contributed by atoms with Crippen molar-refractivity contribution in [2.75, 3.05) is 5.33 Å². The van der Waals surface area contributed by atoms with Crippen molar-refractivity contribution >= 4 is 44.2 Å². The molecule has 0 spiro atoms. The number of allylic oxidation sites excluding steroid dienone is 1. The number of alkyl halides is 1. The van der Waals surface area contributed by atoms with Crippen molar-refractivity contribution in [1.29, 1.82) is 0 Å². The lowest BCUT2D eigenvalue weighted by molar-refractivity contribution is 1.26. The summed E-state index contributed by atoms with van der Waals surface area (Å²) in [4.78, 5) is 1.25. The highest BCUT2D eigenvalue weighted by Gasteiger charge is 2.12. The first-order chi connectivity index (χ1) is 10.7. The van der Waals surface area contributed by atoms with Gasteiger partial charge in [0.2, 0.25) is 0 Å². The van der Waals surface area contributed by atoms with Crippen LogP contribution in [0, 0.1) is 13.7 Å². The molecule has 0 amide bonds. The molecule has 0 radical (unpaired) electrons. The lowest BCUT2D eigenvalue weighted by Gasteiger charge is -2.06. The van der Waals surface area contributed by atoms with E-state index in [1.807, 2.05) is 6.08 Å². The summed E-state index contributed by atoms with van der Waals surface area (Å²) in [6.45, 7) is -4.44. The lowest BCUT2D eigenvalue weighted by atomic mass is 10.1. The van der Waals surface area contributed by atoms with E-state index in [0.717, 1.165) is 5.33 Å². The first kappa shape index (κ1) is 7.27. The van der Waals surface area contributed by atoms with Crippen LogP contribution < -0.4 is 0 Å². The van der Waals surface area contributed by atoms with Crippen LogP contribution in [0.5, 0.6) is 0 Å². The van der Waals surface area contributed by atoms with Gasteiger partial charge >= 0.3 is 0 Å². The van der Waals surface area contributed by atoms with E-state index in [1.54, 1.807) is 22.9 Å². The van der Waals surface area contributed by atoms with Crippen LogP contribution in [0.2, 0.25) is 0 Å². The molecule has 90 valence electrons. The predicted octanol–water partition coefficient (Wildman–Crippen LogP) is 5.64. The number of hydrogen-bond donors (Lipinski definition) is 0. The molecule has 0 aliphatic heterocycles. The SMILES string of the molecule is [2H]C([2H])([2H])c1ccsc1C(=CCCBr)c1sccc1C([2H])([2H])[2H]. The molecule has 0 aliphatic rings. The first-order valence-corrected chi connectivity index (χ1v) is 7.97. The van der Waals surface area contributed by atoms with E-state index < -0.39 is 13.7 Å². The molecule has 0 nitrogen and oxygen atoms in total. The highest BCUT2D eigenvalue weighted by Crippen LogP contribution is 2.35. The minimum Gasteiger partial charge on any atom is -0.144 e. The van der Waals surface area contributed by atoms with Crippen LogP contribution in [0.25, 0.3) is 5.57 Å². The van der Waals surface area contributed by atoms with Gasteiger partial charge in [-0.3, -0.25) is 0 Å². The second-order valence-corrected chi connectivity index (χ2v) is 6.05. The monoisotopic (exact) mass is 332 g/mol. The molecule has 0 bridgehead atoms. The van der Waals surface area contributed by atoms with Crippen molar-refractivity contribution in [3.05, 3.63) is 49.9 Å². The highest BCUT2D eigenvalue weighted by molar-refractivity contribution is 9.09. The third kappa shape index (κ3) is 2.90. The normalized spacial score (nSPS) is 17.2. The second-order valence-electron chi connectivity index (χ2n) is 3.42. The molecule has 0 unspecified atom stereocenters. The Balaban J connectivity index is 2.62. The van der Waals surface area contributed by atoms with Crippen molar-refractivity contribution in [2.24, 2.45) is 0 Å². The zero-order valence-electron chi connectivity index (χ0n) is 15.0. The molecular weight excluding hydrogens is 312 g/mol. The molecular formula is C14H15BrS2. The minimum atomic E-state index is -2.22. The van der Waals surface area contributed by atoms with Gasteiger partial charge in [0.1, 0.15) is 0 Å². The maximum atomic E-state index is 7.70. The maximum absolute atomic E-state index is 7.70. The van der Waals surface area contributed by atoms with Gasteiger partial charge in [-0.1, -0.05) is 22.0 Å². The number of aryl methyl sites for hydroxylation is 2. The Morgan fingerprint density at radius 2 is 1.82 bits per heavy atom. The summed E-state index contributed by atoms with van der Waals surface area (Å²) in [7, 11) is 0. The maximum Gasteiger partial charge on any atom is 0.0382 e. The molecule has 0 saturated heterocycles. The molecule has 2 aromatic heterocycles. The van der Waals surface area contributed by atoms with Crippen LogP contribution in [0.15, 0.2) is 29.0 Å². The average Bonchev–Trinajstić information content (AvgIpc) is 3.06. The van der Waals surface area contributed by atoms with Gasteiger partial charge in [-0.15, -0.1) is 22.7 Å². The Morgan fingerprint density at radius 1 is 1.24 bits per heavy atom. The zero-order chi connectivity index (χ0) is 17.3. The fourth-order valence-corrected chi connectivity index (χ4v) is 3.51. The van der Waals surface area contributed by atoms with Gasteiger partial charge in [-0.25, -0.2) is 0 Å². The van der Waals surface area contributed by atoms with Crippen molar-refractivity contribution < 1.29 is 8.22 Å². The zero-order valence-corrected chi connectivity index (χ0v) is 12.2. The summed E-state index contributed by atoms with van der Waals surface area (Å²) in [5.74, 6) is 0. The third-order valence-corrected chi connectivity index (χ3v) is 4.63. The largest absolute Gasteiger partial charge is 0.144 e. The van der Waals surface area contributed by atoms with Crippen molar-refractivity contribution in [3.63, 3.8) is 0 Å². The molecule has 0 fully saturated rings. The molecule has 0 saturated carbocycles. The molecule has 3 heteroatoms. The van der Waals surface area contributed by atoms with Crippen LogP contribution in [-0.2, 0) is 0 Å². The summed E-state index contributed by atoms with van der Waals surface area (Å²) < 4.78 is 46.2. The number of halogens is 1. The Bertz CT molecular complexity index is 638. The van der Waals surface area contributed by atoms with E-state index in [4.69, 9.17) is 8.22 Å². The highest BCUT2D eigenvalue weighted by atomic mass is 79.9. The third-order valence-electron chi connectivity index (χ3n) is 2.28. The fourth-order valence-electron chi connectivity index (χ4n) is 1.52. The Labute approximate surface area is 128 Å². The van der Waals surface area contributed by atoms with Gasteiger partial charge in [0.25, 0.3) is 0 Å². The summed E-state index contributed by atoms with van der Waals surface area (Å²) in [5, 5.41) is 4.20. The summed E-state index contributed by atoms with van der Waals surface area (Å²) in [6.07, 6.45) is 2.60. The molecule has 17 heavy (non-hydrogen) atoms. The van der Waals surface area contributed by atoms with Gasteiger partial charge in [0.05, 0.1) is 0 Å². The van der Waals surface area contributed by atoms with Crippen LogP contribution in [0.1, 0.15) is 35.5 Å². The first-order valence-electron chi connectivity index (χ1n) is 8.09. The Morgan fingerprint density at radius 3 is 2.29 bits per heavy atom. The molecule has 0 aliphatic carbocycles. The van der Waals surface area contributed by atoms with E-state index in [9.17, 15) is 0 Å². The number of thiophene rings is 2. The summed E-state index contributed by atoms with van der Waals surface area (Å²) in [5.41, 5.74) is 1.24. The smallest absolute Gasteiger partial charge is 0.0382 e. The molecule has 0 N–H and O–H groups in total. The van der Waals surface area contributed by atoms with Crippen LogP contribution >= 0.6 is 38.6 Å². The van der Waals surface area contributed by atoms with Crippen molar-refractivity contribution in [3.8, 4) is 0 Å². The van der Waals surface area contributed by atoms with E-state index in [1.165, 1.54) is 22.7 Å². The topological polar surface area (TPSA) is 0 Å². The van der Waals surface area contributed by atoms with Gasteiger partial charge in [-0.2, -0.15) is 0 Å². The Hall–Kier alpha value is -0.380. The van der Waals surface area contributed by atoms with Crippen molar-refractivity contribution in [2.45, 2.75) is 20.1 Å². The molecule has 2 heterocycles. The fraction of sp³-hybridized carbons (Fsp3) is 0.286. The standard InChI is InChI=1S/C14H15BrS2/c1-10-5-8-16-13(10)12(4-3-7-15)14-11(2)6-9-17-14/h4-6,8-9H,3,7H2,1-2H3/i1D3,2D3. The molecule has 0 aromatic carbocycles. The van der Waals surface area contributed by atoms with E-state index in [0.29, 0.717) is 21.7 Å². The van der Waals surface area contributed by atoms with Crippen LogP contribution in [0.3, 0.4) is 0 Å². The minimum absolute atomic E-state index is 0.271.